The number of hydrogen-bond acceptors (Lipinski definition) is 2. The zero-order valence-corrected chi connectivity index (χ0v) is 7.57. The Morgan fingerprint density at radius 3 is 3.00 bits per heavy atom. The molecule has 0 N–H and O–H groups in total. The first-order valence-corrected chi connectivity index (χ1v) is 4.15. The van der Waals surface area contributed by atoms with E-state index in [1.54, 1.807) is 0 Å². The summed E-state index contributed by atoms with van der Waals surface area (Å²) in [6, 6.07) is 1.24. The monoisotopic (exact) mass is 201 g/mol. The van der Waals surface area contributed by atoms with Crippen LogP contribution < -0.4 is 0 Å². The highest BCUT2D eigenvalue weighted by Gasteiger charge is 2.40. The number of likely N-dealkylation sites (N-methyl/N-ethyl adjacent to an activating group) is 1. The number of fused-ring (bicyclic) bond motifs is 1. The second kappa shape index (κ2) is 2.76. The molecule has 0 radical (unpaired) electrons. The van der Waals surface area contributed by atoms with E-state index in [1.807, 2.05) is 0 Å². The van der Waals surface area contributed by atoms with E-state index in [4.69, 9.17) is 0 Å². The van der Waals surface area contributed by atoms with Crippen molar-refractivity contribution in [2.24, 2.45) is 0 Å². The number of carbonyl (C=O) groups excluding carboxylic acids is 1. The molecule has 1 amide bonds. The number of hydrogen-bond donors (Lipinski definition) is 0. The third-order valence-electron chi connectivity index (χ3n) is 2.24. The zero-order valence-electron chi connectivity index (χ0n) is 7.57. The lowest BCUT2D eigenvalue weighted by atomic mass is 10.2. The first kappa shape index (κ1) is 9.11. The largest absolute Gasteiger partial charge is 0.338 e. The van der Waals surface area contributed by atoms with Crippen LogP contribution >= 0.6 is 0 Å². The topological polar surface area (TPSA) is 38.1 Å². The molecule has 0 saturated heterocycles. The first-order chi connectivity index (χ1) is 6.50. The van der Waals surface area contributed by atoms with Gasteiger partial charge >= 0.3 is 5.92 Å². The molecule has 0 spiro atoms. The molecule has 0 aromatic carbocycles. The maximum atomic E-state index is 13.5. The lowest BCUT2D eigenvalue weighted by Gasteiger charge is -2.18. The SMILES string of the molecule is CN1CC(F)(F)c2ccnn2CC1=O. The summed E-state index contributed by atoms with van der Waals surface area (Å²) in [4.78, 5) is 12.3. The predicted molar refractivity (Wildman–Crippen MR) is 43.8 cm³/mol. The maximum absolute atomic E-state index is 13.5. The second-order valence-electron chi connectivity index (χ2n) is 3.33. The number of nitrogens with zero attached hydrogens (tertiary/aromatic N) is 3. The van der Waals surface area contributed by atoms with E-state index >= 15 is 0 Å². The van der Waals surface area contributed by atoms with Crippen molar-refractivity contribution in [2.75, 3.05) is 13.6 Å². The molecule has 0 fully saturated rings. The summed E-state index contributed by atoms with van der Waals surface area (Å²) in [6.45, 7) is -0.702. The minimum atomic E-state index is -3.02. The molecule has 6 heteroatoms. The molecule has 1 aliphatic rings. The normalized spacial score (nSPS) is 20.5. The van der Waals surface area contributed by atoms with Gasteiger partial charge in [-0.15, -0.1) is 0 Å². The third-order valence-corrected chi connectivity index (χ3v) is 2.24. The minimum absolute atomic E-state index is 0.117. The second-order valence-corrected chi connectivity index (χ2v) is 3.33. The molecule has 2 rings (SSSR count). The zero-order chi connectivity index (χ0) is 10.3. The van der Waals surface area contributed by atoms with Crippen LogP contribution in [0.5, 0.6) is 0 Å². The van der Waals surface area contributed by atoms with Gasteiger partial charge in [0, 0.05) is 13.2 Å². The van der Waals surface area contributed by atoms with E-state index in [0.29, 0.717) is 0 Å². The predicted octanol–water partition coefficient (Wildman–Crippen LogP) is 0.447. The fourth-order valence-electron chi connectivity index (χ4n) is 1.49. The van der Waals surface area contributed by atoms with Crippen LogP contribution in [0.4, 0.5) is 8.78 Å². The van der Waals surface area contributed by atoms with Gasteiger partial charge in [-0.05, 0) is 6.07 Å². The van der Waals surface area contributed by atoms with Gasteiger partial charge in [0.05, 0.1) is 6.54 Å². The molecular weight excluding hydrogens is 192 g/mol. The summed E-state index contributed by atoms with van der Waals surface area (Å²) in [5.41, 5.74) is -0.199. The highest BCUT2D eigenvalue weighted by atomic mass is 19.3. The Labute approximate surface area is 79.1 Å². The van der Waals surface area contributed by atoms with Crippen LogP contribution in [0.3, 0.4) is 0 Å². The van der Waals surface area contributed by atoms with E-state index in [1.165, 1.54) is 19.3 Å². The number of carbonyl (C=O) groups is 1. The molecule has 0 saturated carbocycles. The number of halogens is 2. The Balaban J connectivity index is 2.47. The highest BCUT2D eigenvalue weighted by Crippen LogP contribution is 2.30. The highest BCUT2D eigenvalue weighted by molar-refractivity contribution is 5.76. The van der Waals surface area contributed by atoms with Gasteiger partial charge in [-0.2, -0.15) is 13.9 Å². The van der Waals surface area contributed by atoms with Crippen molar-refractivity contribution in [1.82, 2.24) is 14.7 Å². The summed E-state index contributed by atoms with van der Waals surface area (Å²) in [6.07, 6.45) is 1.28. The van der Waals surface area contributed by atoms with Gasteiger partial charge in [0.2, 0.25) is 5.91 Å². The van der Waals surface area contributed by atoms with Crippen molar-refractivity contribution in [3.8, 4) is 0 Å². The molecule has 0 bridgehead atoms. The van der Waals surface area contributed by atoms with Crippen LogP contribution in [0.15, 0.2) is 12.3 Å². The molecule has 4 nitrogen and oxygen atoms in total. The Bertz CT molecular complexity index is 374. The molecule has 0 aliphatic carbocycles. The molecule has 76 valence electrons. The molecule has 1 aromatic heterocycles. The van der Waals surface area contributed by atoms with E-state index in [-0.39, 0.29) is 18.1 Å². The summed E-state index contributed by atoms with van der Waals surface area (Å²) in [5.74, 6) is -3.37. The van der Waals surface area contributed by atoms with E-state index in [9.17, 15) is 13.6 Å². The van der Waals surface area contributed by atoms with Gasteiger partial charge in [0.1, 0.15) is 12.2 Å². The molecule has 1 aromatic rings. The van der Waals surface area contributed by atoms with Crippen LogP contribution in [-0.4, -0.2) is 34.2 Å². The Morgan fingerprint density at radius 1 is 1.57 bits per heavy atom. The summed E-state index contributed by atoms with van der Waals surface area (Å²) in [7, 11) is 1.36. The average Bonchev–Trinajstić information content (AvgIpc) is 2.48. The van der Waals surface area contributed by atoms with Gasteiger partial charge < -0.3 is 4.90 Å². The van der Waals surface area contributed by atoms with Gasteiger partial charge in [0.15, 0.2) is 0 Å². The van der Waals surface area contributed by atoms with Crippen molar-refractivity contribution in [2.45, 2.75) is 12.5 Å². The minimum Gasteiger partial charge on any atom is -0.338 e. The van der Waals surface area contributed by atoms with Crippen molar-refractivity contribution >= 4 is 5.91 Å². The van der Waals surface area contributed by atoms with Crippen LogP contribution in [0.25, 0.3) is 0 Å². The van der Waals surface area contributed by atoms with Crippen LogP contribution in [0.1, 0.15) is 5.69 Å². The Morgan fingerprint density at radius 2 is 2.29 bits per heavy atom. The van der Waals surface area contributed by atoms with E-state index in [0.717, 1.165) is 9.58 Å². The van der Waals surface area contributed by atoms with E-state index < -0.39 is 12.5 Å². The number of rotatable bonds is 0. The fourth-order valence-corrected chi connectivity index (χ4v) is 1.49. The average molecular weight is 201 g/mol. The van der Waals surface area contributed by atoms with Crippen LogP contribution in [-0.2, 0) is 17.3 Å². The van der Waals surface area contributed by atoms with Crippen molar-refractivity contribution in [1.29, 1.82) is 0 Å². The molecule has 2 heterocycles. The smallest absolute Gasteiger partial charge is 0.306 e. The van der Waals surface area contributed by atoms with Crippen LogP contribution in [0, 0.1) is 0 Å². The summed E-state index contributed by atoms with van der Waals surface area (Å²) in [5, 5.41) is 3.69. The Kier molecular flexibility index (Phi) is 1.80. The summed E-state index contributed by atoms with van der Waals surface area (Å²) < 4.78 is 28.0. The molecule has 0 atom stereocenters. The Hall–Kier alpha value is -1.46. The summed E-state index contributed by atoms with van der Waals surface area (Å²) >= 11 is 0. The fraction of sp³-hybridized carbons (Fsp3) is 0.500. The van der Waals surface area contributed by atoms with Gasteiger partial charge in [-0.3, -0.25) is 9.48 Å². The molecule has 1 aliphatic heterocycles. The number of amides is 1. The van der Waals surface area contributed by atoms with Crippen LogP contribution in [0.2, 0.25) is 0 Å². The quantitative estimate of drug-likeness (QED) is 0.611. The lowest BCUT2D eigenvalue weighted by molar-refractivity contribution is -0.133. The molecule has 0 unspecified atom stereocenters. The lowest BCUT2D eigenvalue weighted by Crippen LogP contribution is -2.34. The van der Waals surface area contributed by atoms with Crippen molar-refractivity contribution in [3.05, 3.63) is 18.0 Å². The third kappa shape index (κ3) is 1.26. The van der Waals surface area contributed by atoms with Gasteiger partial charge in [-0.25, -0.2) is 0 Å². The first-order valence-electron chi connectivity index (χ1n) is 4.15. The van der Waals surface area contributed by atoms with Crippen molar-refractivity contribution < 1.29 is 13.6 Å². The van der Waals surface area contributed by atoms with E-state index in [2.05, 4.69) is 5.10 Å². The standard InChI is InChI=1S/C8H9F2N3O/c1-12-5-8(9,10)6-2-3-11-13(6)4-7(12)14/h2-3H,4-5H2,1H3. The van der Waals surface area contributed by atoms with Crippen molar-refractivity contribution in [3.63, 3.8) is 0 Å². The maximum Gasteiger partial charge on any atom is 0.306 e. The number of alkyl halides is 2. The number of aromatic nitrogens is 2. The van der Waals surface area contributed by atoms with Gasteiger partial charge in [0.25, 0.3) is 0 Å². The molecular formula is C8H9F2N3O. The molecule has 14 heavy (non-hydrogen) atoms. The van der Waals surface area contributed by atoms with Gasteiger partial charge in [-0.1, -0.05) is 0 Å².